The summed E-state index contributed by atoms with van der Waals surface area (Å²) < 4.78 is 3.51. The van der Waals surface area contributed by atoms with Crippen LogP contribution in [0.15, 0.2) is 49.1 Å². The first-order valence-electron chi connectivity index (χ1n) is 7.97. The number of hydrogen-bond donors (Lipinski definition) is 2. The van der Waals surface area contributed by atoms with Crippen molar-refractivity contribution < 1.29 is 4.79 Å². The topological polar surface area (TPSA) is 89.7 Å². The largest absolute Gasteiger partial charge is 0.326 e. The van der Waals surface area contributed by atoms with Gasteiger partial charge in [0.25, 0.3) is 0 Å². The molecule has 3 heterocycles. The van der Waals surface area contributed by atoms with Crippen LogP contribution in [-0.4, -0.2) is 30.6 Å². The third-order valence-corrected chi connectivity index (χ3v) is 3.50. The Hall–Kier alpha value is -3.16. The van der Waals surface area contributed by atoms with Crippen LogP contribution in [0.3, 0.4) is 0 Å². The zero-order chi connectivity index (χ0) is 17.9. The molecule has 2 N–H and O–H groups in total. The summed E-state index contributed by atoms with van der Waals surface area (Å²) in [5, 5.41) is 14.1. The SMILES string of the molecule is CC(C)(C)n1nccc1NC(=O)Nc1ccn(Cc2ccncc2)n1. The Labute approximate surface area is 145 Å². The van der Waals surface area contributed by atoms with E-state index in [2.05, 4.69) is 25.8 Å². The minimum absolute atomic E-state index is 0.224. The molecule has 8 nitrogen and oxygen atoms in total. The van der Waals surface area contributed by atoms with Gasteiger partial charge in [-0.2, -0.15) is 10.2 Å². The average Bonchev–Trinajstić information content (AvgIpc) is 3.17. The Kier molecular flexibility index (Phi) is 4.51. The second kappa shape index (κ2) is 6.76. The van der Waals surface area contributed by atoms with E-state index in [9.17, 15) is 4.79 Å². The number of carbonyl (C=O) groups excluding carboxylic acids is 1. The van der Waals surface area contributed by atoms with Gasteiger partial charge in [0.2, 0.25) is 0 Å². The van der Waals surface area contributed by atoms with E-state index in [0.717, 1.165) is 5.56 Å². The van der Waals surface area contributed by atoms with Gasteiger partial charge in [0.1, 0.15) is 5.82 Å². The molecule has 0 aliphatic rings. The van der Waals surface area contributed by atoms with Crippen LogP contribution in [0.4, 0.5) is 16.4 Å². The van der Waals surface area contributed by atoms with E-state index < -0.39 is 0 Å². The summed E-state index contributed by atoms with van der Waals surface area (Å²) in [5.41, 5.74) is 0.862. The molecule has 0 aromatic carbocycles. The van der Waals surface area contributed by atoms with Crippen molar-refractivity contribution in [2.75, 3.05) is 10.6 Å². The fourth-order valence-corrected chi connectivity index (χ4v) is 2.39. The van der Waals surface area contributed by atoms with Crippen molar-refractivity contribution in [1.82, 2.24) is 24.5 Å². The second-order valence-electron chi connectivity index (χ2n) is 6.63. The van der Waals surface area contributed by atoms with Crippen LogP contribution >= 0.6 is 0 Å². The smallest absolute Gasteiger partial charge is 0.292 e. The van der Waals surface area contributed by atoms with E-state index in [0.29, 0.717) is 18.2 Å². The fraction of sp³-hybridized carbons (Fsp3) is 0.294. The highest BCUT2D eigenvalue weighted by Crippen LogP contribution is 2.19. The maximum Gasteiger partial charge on any atom is 0.326 e. The number of nitrogens with one attached hydrogen (secondary N) is 2. The third kappa shape index (κ3) is 4.23. The number of hydrogen-bond acceptors (Lipinski definition) is 4. The molecule has 2 amide bonds. The zero-order valence-corrected chi connectivity index (χ0v) is 14.5. The molecule has 3 rings (SSSR count). The van der Waals surface area contributed by atoms with E-state index in [-0.39, 0.29) is 11.6 Å². The lowest BCUT2D eigenvalue weighted by Crippen LogP contribution is -2.28. The molecule has 3 aromatic rings. The number of carbonyl (C=O) groups is 1. The minimum atomic E-state index is -0.361. The molecule has 0 saturated carbocycles. The normalized spacial score (nSPS) is 11.3. The van der Waals surface area contributed by atoms with Gasteiger partial charge in [-0.1, -0.05) is 0 Å². The number of aromatic nitrogens is 5. The molecular formula is C17H21N7O. The van der Waals surface area contributed by atoms with E-state index in [1.54, 1.807) is 40.1 Å². The van der Waals surface area contributed by atoms with Crippen molar-refractivity contribution in [3.05, 3.63) is 54.6 Å². The van der Waals surface area contributed by atoms with Crippen LogP contribution in [-0.2, 0) is 12.1 Å². The van der Waals surface area contributed by atoms with E-state index in [1.807, 2.05) is 39.1 Å². The van der Waals surface area contributed by atoms with Crippen molar-refractivity contribution >= 4 is 17.7 Å². The molecule has 3 aromatic heterocycles. The Morgan fingerprint density at radius 1 is 1.08 bits per heavy atom. The predicted octanol–water partition coefficient (Wildman–Crippen LogP) is 2.92. The van der Waals surface area contributed by atoms with Gasteiger partial charge >= 0.3 is 6.03 Å². The average molecular weight is 339 g/mol. The molecule has 0 saturated heterocycles. The lowest BCUT2D eigenvalue weighted by Gasteiger charge is -2.22. The quantitative estimate of drug-likeness (QED) is 0.765. The molecule has 0 atom stereocenters. The van der Waals surface area contributed by atoms with Gasteiger partial charge in [-0.25, -0.2) is 9.48 Å². The highest BCUT2D eigenvalue weighted by Gasteiger charge is 2.18. The molecule has 0 radical (unpaired) electrons. The van der Waals surface area contributed by atoms with Gasteiger partial charge in [0.05, 0.1) is 18.3 Å². The van der Waals surface area contributed by atoms with Gasteiger partial charge in [0, 0.05) is 30.7 Å². The van der Waals surface area contributed by atoms with Gasteiger partial charge in [-0.3, -0.25) is 20.3 Å². The highest BCUT2D eigenvalue weighted by atomic mass is 16.2. The van der Waals surface area contributed by atoms with Crippen molar-refractivity contribution in [2.45, 2.75) is 32.9 Å². The molecule has 0 bridgehead atoms. The van der Waals surface area contributed by atoms with E-state index in [1.165, 1.54) is 0 Å². The van der Waals surface area contributed by atoms with Crippen molar-refractivity contribution in [2.24, 2.45) is 0 Å². The van der Waals surface area contributed by atoms with Gasteiger partial charge < -0.3 is 0 Å². The maximum atomic E-state index is 12.2. The van der Waals surface area contributed by atoms with Crippen molar-refractivity contribution in [3.8, 4) is 0 Å². The van der Waals surface area contributed by atoms with Gasteiger partial charge in [-0.05, 0) is 38.5 Å². The molecule has 0 unspecified atom stereocenters. The molecule has 0 aliphatic heterocycles. The summed E-state index contributed by atoms with van der Waals surface area (Å²) >= 11 is 0. The van der Waals surface area contributed by atoms with Crippen LogP contribution in [0.5, 0.6) is 0 Å². The van der Waals surface area contributed by atoms with Gasteiger partial charge in [-0.15, -0.1) is 0 Å². The summed E-state index contributed by atoms with van der Waals surface area (Å²) in [6.45, 7) is 6.67. The zero-order valence-electron chi connectivity index (χ0n) is 14.5. The van der Waals surface area contributed by atoms with E-state index in [4.69, 9.17) is 0 Å². The van der Waals surface area contributed by atoms with Crippen LogP contribution in [0.25, 0.3) is 0 Å². The molecular weight excluding hydrogens is 318 g/mol. The first kappa shape index (κ1) is 16.7. The summed E-state index contributed by atoms with van der Waals surface area (Å²) in [4.78, 5) is 16.2. The van der Waals surface area contributed by atoms with Crippen LogP contribution in [0, 0.1) is 0 Å². The number of urea groups is 1. The lowest BCUT2D eigenvalue weighted by atomic mass is 10.1. The third-order valence-electron chi connectivity index (χ3n) is 3.50. The Balaban J connectivity index is 1.62. The molecule has 8 heteroatoms. The number of anilines is 2. The summed E-state index contributed by atoms with van der Waals surface area (Å²) in [6.07, 6.45) is 6.95. The van der Waals surface area contributed by atoms with Crippen LogP contribution < -0.4 is 10.6 Å². The van der Waals surface area contributed by atoms with Crippen LogP contribution in [0.2, 0.25) is 0 Å². The molecule has 25 heavy (non-hydrogen) atoms. The summed E-state index contributed by atoms with van der Waals surface area (Å²) in [5.74, 6) is 1.11. The molecule has 0 aliphatic carbocycles. The fourth-order valence-electron chi connectivity index (χ4n) is 2.39. The van der Waals surface area contributed by atoms with Crippen molar-refractivity contribution in [1.29, 1.82) is 0 Å². The second-order valence-corrected chi connectivity index (χ2v) is 6.63. The highest BCUT2D eigenvalue weighted by molar-refractivity contribution is 5.98. The first-order chi connectivity index (χ1) is 11.9. The number of pyridine rings is 1. The monoisotopic (exact) mass is 339 g/mol. The standard InChI is InChI=1S/C17H21N7O/c1-17(2,3)24-15(6-10-19-24)21-16(25)20-14-7-11-23(22-14)12-13-4-8-18-9-5-13/h4-11H,12H2,1-3H3,(H2,20,21,22,25). The first-order valence-corrected chi connectivity index (χ1v) is 7.97. The van der Waals surface area contributed by atoms with Gasteiger partial charge in [0.15, 0.2) is 5.82 Å². The summed E-state index contributed by atoms with van der Waals surface area (Å²) in [7, 11) is 0. The summed E-state index contributed by atoms with van der Waals surface area (Å²) in [6, 6.07) is 7.00. The predicted molar refractivity (Wildman–Crippen MR) is 95.4 cm³/mol. The van der Waals surface area contributed by atoms with E-state index >= 15 is 0 Å². The number of rotatable bonds is 4. The minimum Gasteiger partial charge on any atom is -0.292 e. The Morgan fingerprint density at radius 2 is 1.84 bits per heavy atom. The lowest BCUT2D eigenvalue weighted by molar-refractivity contribution is 0.261. The maximum absolute atomic E-state index is 12.2. The van der Waals surface area contributed by atoms with Crippen molar-refractivity contribution in [3.63, 3.8) is 0 Å². The number of amides is 2. The Bertz CT molecular complexity index is 845. The Morgan fingerprint density at radius 3 is 2.56 bits per heavy atom. The molecule has 0 fully saturated rings. The number of nitrogens with zero attached hydrogens (tertiary/aromatic N) is 5. The van der Waals surface area contributed by atoms with Crippen LogP contribution in [0.1, 0.15) is 26.3 Å². The molecule has 0 spiro atoms. The molecule has 130 valence electrons.